The molecule has 108 heavy (non-hydrogen) atoms. The lowest BCUT2D eigenvalue weighted by atomic mass is 10.0. The Morgan fingerprint density at radius 1 is 0.250 bits per heavy atom. The first kappa shape index (κ1) is 74.0. The lowest BCUT2D eigenvalue weighted by Crippen LogP contribution is -2.02. The van der Waals surface area contributed by atoms with Crippen molar-refractivity contribution in [3.8, 4) is 89.8 Å². The molecule has 0 radical (unpaired) electrons. The van der Waals surface area contributed by atoms with Crippen molar-refractivity contribution in [1.29, 1.82) is 0 Å². The van der Waals surface area contributed by atoms with E-state index in [0.29, 0.717) is 45.9 Å². The minimum absolute atomic E-state index is 0.319. The average Bonchev–Trinajstić information content (AvgIpc) is 1.62. The molecule has 0 fully saturated rings. The summed E-state index contributed by atoms with van der Waals surface area (Å²) in [5, 5.41) is 4.18. The van der Waals surface area contributed by atoms with Gasteiger partial charge in [-0.15, -0.1) is 0 Å². The van der Waals surface area contributed by atoms with Crippen LogP contribution in [-0.2, 0) is 18.9 Å². The van der Waals surface area contributed by atoms with Crippen LogP contribution >= 0.6 is 0 Å². The van der Waals surface area contributed by atoms with Gasteiger partial charge in [-0.05, 0) is 213 Å². The van der Waals surface area contributed by atoms with Gasteiger partial charge in [0.2, 0.25) is 0 Å². The molecule has 8 aliphatic carbocycles. The third-order valence-corrected chi connectivity index (χ3v) is 20.7. The minimum Gasteiger partial charge on any atom is -0.465 e. The molecule has 0 saturated carbocycles. The number of benzene rings is 4. The van der Waals surface area contributed by atoms with Crippen LogP contribution in [0.5, 0.6) is 0 Å². The molecule has 0 spiro atoms. The topological polar surface area (TPSA) is 158 Å². The van der Waals surface area contributed by atoms with Crippen molar-refractivity contribution in [3.05, 3.63) is 285 Å². The van der Waals surface area contributed by atoms with Gasteiger partial charge in [-0.1, -0.05) is 201 Å². The fraction of sp³-hybridized carbons (Fsp3) is 0.208. The quantitative estimate of drug-likeness (QED) is 0.0843. The number of carbonyl (C=O) groups is 4. The molecule has 4 aromatic heterocycles. The molecule has 16 rings (SSSR count). The van der Waals surface area contributed by atoms with E-state index >= 15 is 0 Å². The molecular formula is C96H88O12. The van der Waals surface area contributed by atoms with E-state index in [1.165, 1.54) is 50.7 Å². The second kappa shape index (κ2) is 31.0. The summed E-state index contributed by atoms with van der Waals surface area (Å²) in [6.07, 6.45) is 0. The highest BCUT2D eigenvalue weighted by Crippen LogP contribution is 2.50. The van der Waals surface area contributed by atoms with Gasteiger partial charge in [0.25, 0.3) is 0 Å². The van der Waals surface area contributed by atoms with Gasteiger partial charge < -0.3 is 36.6 Å². The van der Waals surface area contributed by atoms with E-state index in [2.05, 4.69) is 128 Å². The summed E-state index contributed by atoms with van der Waals surface area (Å²) in [6.45, 7) is 25.0. The Morgan fingerprint density at radius 3 is 0.620 bits per heavy atom. The highest BCUT2D eigenvalue weighted by molar-refractivity contribution is 6.11. The van der Waals surface area contributed by atoms with E-state index in [4.69, 9.17) is 36.6 Å². The number of hydrogen-bond acceptors (Lipinski definition) is 12. The number of carbonyl (C=O) groups excluding carboxylic acids is 4. The summed E-state index contributed by atoms with van der Waals surface area (Å²) >= 11 is 0. The molecule has 12 nitrogen and oxygen atoms in total. The molecule has 8 aliphatic rings. The molecule has 4 aromatic carbocycles. The van der Waals surface area contributed by atoms with Crippen molar-refractivity contribution in [2.75, 3.05) is 28.4 Å². The lowest BCUT2D eigenvalue weighted by Gasteiger charge is -2.05. The van der Waals surface area contributed by atoms with Crippen molar-refractivity contribution in [2.24, 2.45) is 0 Å². The van der Waals surface area contributed by atoms with E-state index < -0.39 is 0 Å². The predicted molar refractivity (Wildman–Crippen MR) is 434 cm³/mol. The SMILES string of the molecule is COC(=O)c1c2cc(C(C)C)cccc-2c(-c2cc3ccccc3o2)c1C.COC(=O)c1c2cc(C(C)C)cccc-2c(-c2cc3ccccc3o2)c1C.COC(=O)c1c2cc(C(C)C)cccc-2c(-c2cc3ccccc3o2)c1C.COC(=O)c1c2cc(C(C)C)cccc-2c(-c2cc3ccccc3o2)c1C. The number of methoxy groups -OCH3 is 4. The maximum Gasteiger partial charge on any atom is 0.338 e. The first-order valence-corrected chi connectivity index (χ1v) is 36.6. The third kappa shape index (κ3) is 14.0. The molecule has 12 heteroatoms. The molecule has 8 aromatic rings. The van der Waals surface area contributed by atoms with Crippen LogP contribution in [0.1, 0.15) is 165 Å². The first-order valence-electron chi connectivity index (χ1n) is 36.6. The molecule has 0 amide bonds. The Balaban J connectivity index is 0.000000127. The van der Waals surface area contributed by atoms with Gasteiger partial charge in [0.1, 0.15) is 45.4 Å². The maximum atomic E-state index is 12.6. The molecule has 0 saturated heterocycles. The highest BCUT2D eigenvalue weighted by atomic mass is 16.5. The fourth-order valence-corrected chi connectivity index (χ4v) is 15.0. The smallest absolute Gasteiger partial charge is 0.338 e. The Hall–Kier alpha value is -12.3. The Labute approximate surface area is 630 Å². The summed E-state index contributed by atoms with van der Waals surface area (Å²) in [5.74, 6) is 3.23. The predicted octanol–water partition coefficient (Wildman–Crippen LogP) is 25.7. The Kier molecular flexibility index (Phi) is 21.3. The second-order valence-corrected chi connectivity index (χ2v) is 28.7. The van der Waals surface area contributed by atoms with Crippen LogP contribution < -0.4 is 0 Å². The number of esters is 4. The fourth-order valence-electron chi connectivity index (χ4n) is 15.0. The number of furan rings is 4. The van der Waals surface area contributed by atoms with Crippen molar-refractivity contribution >= 4 is 67.8 Å². The zero-order valence-corrected chi connectivity index (χ0v) is 64.0. The minimum atomic E-state index is -0.319. The summed E-state index contributed by atoms with van der Waals surface area (Å²) < 4.78 is 44.9. The van der Waals surface area contributed by atoms with Crippen LogP contribution in [0.15, 0.2) is 236 Å². The van der Waals surface area contributed by atoms with Crippen molar-refractivity contribution in [1.82, 2.24) is 0 Å². The van der Waals surface area contributed by atoms with E-state index in [1.54, 1.807) is 0 Å². The molecular weight excluding hydrogens is 1350 g/mol. The van der Waals surface area contributed by atoms with Crippen LogP contribution in [-0.4, -0.2) is 52.3 Å². The Morgan fingerprint density at radius 2 is 0.444 bits per heavy atom. The molecule has 0 aliphatic heterocycles. The third-order valence-electron chi connectivity index (χ3n) is 20.7. The molecule has 0 atom stereocenters. The van der Waals surface area contributed by atoms with Gasteiger partial charge in [-0.25, -0.2) is 19.2 Å². The summed E-state index contributed by atoms with van der Waals surface area (Å²) in [7, 11) is 5.70. The van der Waals surface area contributed by atoms with E-state index in [9.17, 15) is 19.2 Å². The number of para-hydroxylation sites is 4. The monoisotopic (exact) mass is 1430 g/mol. The standard InChI is InChI=1S/4C24H22O3/c4*1-14(2)16-9-7-10-18-19(12-16)23(24(25)26-4)15(3)22(18)21-13-17-8-5-6-11-20(17)27-21/h4*5-14H,1-4H3. The molecule has 4 heterocycles. The summed E-state index contributed by atoms with van der Waals surface area (Å²) in [4.78, 5) is 50.4. The molecule has 0 bridgehead atoms. The van der Waals surface area contributed by atoms with Crippen molar-refractivity contribution < 1.29 is 55.8 Å². The summed E-state index contributed by atoms with van der Waals surface area (Å²) in [5.41, 5.74) is 25.5. The maximum absolute atomic E-state index is 12.6. The van der Waals surface area contributed by atoms with Gasteiger partial charge in [0.15, 0.2) is 0 Å². The van der Waals surface area contributed by atoms with Crippen LogP contribution in [0, 0.1) is 27.7 Å². The van der Waals surface area contributed by atoms with Crippen molar-refractivity contribution in [2.45, 2.75) is 107 Å². The van der Waals surface area contributed by atoms with E-state index in [1.807, 2.05) is 173 Å². The second-order valence-electron chi connectivity index (χ2n) is 28.7. The number of rotatable bonds is 12. The van der Waals surface area contributed by atoms with Crippen molar-refractivity contribution in [3.63, 3.8) is 0 Å². The van der Waals surface area contributed by atoms with E-state index in [-0.39, 0.29) is 23.9 Å². The molecule has 0 N–H and O–H groups in total. The molecule has 544 valence electrons. The van der Waals surface area contributed by atoms with Gasteiger partial charge in [-0.2, -0.15) is 0 Å². The summed E-state index contributed by atoms with van der Waals surface area (Å²) in [6, 6.07) is 73.1. The van der Waals surface area contributed by atoms with Crippen LogP contribution in [0.2, 0.25) is 0 Å². The average molecular weight is 1430 g/mol. The Bertz CT molecular complexity index is 5060. The number of fused-ring (bicyclic) bond motifs is 8. The van der Waals surface area contributed by atoms with Crippen LogP contribution in [0.4, 0.5) is 0 Å². The van der Waals surface area contributed by atoms with Gasteiger partial charge in [0, 0.05) is 43.8 Å². The normalized spacial score (nSPS) is 11.4. The van der Waals surface area contributed by atoms with Crippen LogP contribution in [0.25, 0.3) is 134 Å². The lowest BCUT2D eigenvalue weighted by molar-refractivity contribution is 0.0592. The van der Waals surface area contributed by atoms with Gasteiger partial charge in [-0.3, -0.25) is 0 Å². The molecule has 0 unspecified atom stereocenters. The first-order chi connectivity index (χ1) is 52.0. The van der Waals surface area contributed by atoms with Gasteiger partial charge in [0.05, 0.1) is 50.7 Å². The largest absolute Gasteiger partial charge is 0.465 e. The highest BCUT2D eigenvalue weighted by Gasteiger charge is 2.33. The van der Waals surface area contributed by atoms with Gasteiger partial charge >= 0.3 is 23.9 Å². The number of ether oxygens (including phenoxy) is 4. The zero-order chi connectivity index (χ0) is 76.5. The zero-order valence-electron chi connectivity index (χ0n) is 64.0. The van der Waals surface area contributed by atoms with E-state index in [0.717, 1.165) is 156 Å². The number of hydrogen-bond donors (Lipinski definition) is 0. The van der Waals surface area contributed by atoms with Crippen LogP contribution in [0.3, 0.4) is 0 Å².